The van der Waals surface area contributed by atoms with Crippen LogP contribution in [0.2, 0.25) is 0 Å². The quantitative estimate of drug-likeness (QED) is 0.589. The highest BCUT2D eigenvalue weighted by atomic mass is 16.4. The third kappa shape index (κ3) is 0.936. The molecular weight excluding hydrogens is 148 g/mol. The van der Waals surface area contributed by atoms with Gasteiger partial charge in [0.15, 0.2) is 0 Å². The van der Waals surface area contributed by atoms with Crippen molar-refractivity contribution in [3.05, 3.63) is 23.1 Å². The summed E-state index contributed by atoms with van der Waals surface area (Å²) in [5.74, 6) is -0.359. The van der Waals surface area contributed by atoms with E-state index in [4.69, 9.17) is 0 Å². The predicted octanol–water partition coefficient (Wildman–Crippen LogP) is -0.247. The van der Waals surface area contributed by atoms with Crippen molar-refractivity contribution >= 4 is 0 Å². The number of imidazole rings is 1. The smallest absolute Gasteiger partial charge is 0.386 e. The third-order valence-electron chi connectivity index (χ3n) is 1.17. The summed E-state index contributed by atoms with van der Waals surface area (Å²) in [6.07, 6.45) is 2.99. The number of hydrogen-bond acceptors (Lipinski definition) is 4. The number of aromatic amines is 2. The van der Waals surface area contributed by atoms with Gasteiger partial charge < -0.3 is 9.40 Å². The van der Waals surface area contributed by atoms with Crippen molar-refractivity contribution in [1.29, 1.82) is 0 Å². The van der Waals surface area contributed by atoms with E-state index in [-0.39, 0.29) is 5.89 Å². The van der Waals surface area contributed by atoms with Gasteiger partial charge in [-0.05, 0) is 0 Å². The fourth-order valence-electron chi connectivity index (χ4n) is 0.718. The first kappa shape index (κ1) is 5.90. The Morgan fingerprint density at radius 1 is 1.55 bits per heavy atom. The van der Waals surface area contributed by atoms with Crippen molar-refractivity contribution in [3.63, 3.8) is 0 Å². The number of H-pyrrole nitrogens is 2. The Kier molecular flexibility index (Phi) is 1.12. The lowest BCUT2D eigenvalue weighted by atomic mass is 10.5. The van der Waals surface area contributed by atoms with Crippen LogP contribution in [0.25, 0.3) is 11.6 Å². The summed E-state index contributed by atoms with van der Waals surface area (Å²) in [6.45, 7) is 0. The molecular formula is C5H4N4O2. The van der Waals surface area contributed by atoms with E-state index in [1.165, 1.54) is 12.5 Å². The molecule has 0 aliphatic heterocycles. The molecule has 0 aliphatic carbocycles. The topological polar surface area (TPSA) is 87.6 Å². The summed E-state index contributed by atoms with van der Waals surface area (Å²) in [5.41, 5.74) is 0.573. The van der Waals surface area contributed by atoms with E-state index < -0.39 is 5.76 Å². The van der Waals surface area contributed by atoms with E-state index >= 15 is 0 Å². The summed E-state index contributed by atoms with van der Waals surface area (Å²) < 4.78 is 4.63. The van der Waals surface area contributed by atoms with Crippen molar-refractivity contribution in [2.24, 2.45) is 0 Å². The van der Waals surface area contributed by atoms with Gasteiger partial charge >= 0.3 is 5.76 Å². The van der Waals surface area contributed by atoms with Gasteiger partial charge in [-0.25, -0.2) is 14.9 Å². The molecule has 0 saturated heterocycles. The Bertz CT molecular complexity index is 385. The maximum atomic E-state index is 10.5. The molecule has 2 N–H and O–H groups in total. The molecule has 0 aromatic carbocycles. The molecule has 2 heterocycles. The second kappa shape index (κ2) is 2.08. The minimum absolute atomic E-state index is 0.215. The van der Waals surface area contributed by atoms with Crippen LogP contribution in [0, 0.1) is 0 Å². The van der Waals surface area contributed by atoms with Gasteiger partial charge in [-0.3, -0.25) is 0 Å². The zero-order chi connectivity index (χ0) is 7.68. The fourth-order valence-corrected chi connectivity index (χ4v) is 0.718. The molecule has 2 rings (SSSR count). The number of rotatable bonds is 1. The molecule has 0 aliphatic rings. The maximum absolute atomic E-state index is 10.5. The lowest BCUT2D eigenvalue weighted by molar-refractivity contribution is 0.525. The molecule has 11 heavy (non-hydrogen) atoms. The van der Waals surface area contributed by atoms with Crippen LogP contribution in [0.3, 0.4) is 0 Å². The summed E-state index contributed by atoms with van der Waals surface area (Å²) in [6, 6.07) is 0. The molecule has 56 valence electrons. The third-order valence-corrected chi connectivity index (χ3v) is 1.17. The average molecular weight is 152 g/mol. The second-order valence-corrected chi connectivity index (χ2v) is 1.88. The van der Waals surface area contributed by atoms with Crippen molar-refractivity contribution in [1.82, 2.24) is 20.2 Å². The van der Waals surface area contributed by atoms with E-state index in [0.29, 0.717) is 5.69 Å². The molecule has 6 nitrogen and oxygen atoms in total. The van der Waals surface area contributed by atoms with Crippen molar-refractivity contribution < 1.29 is 4.42 Å². The van der Waals surface area contributed by atoms with Gasteiger partial charge in [0.2, 0.25) is 0 Å². The summed E-state index contributed by atoms with van der Waals surface area (Å²) in [4.78, 5) is 16.9. The first-order valence-corrected chi connectivity index (χ1v) is 2.90. The molecule has 0 amide bonds. The average Bonchev–Trinajstić information content (AvgIpc) is 2.55. The first-order valence-electron chi connectivity index (χ1n) is 2.90. The van der Waals surface area contributed by atoms with Crippen LogP contribution < -0.4 is 5.76 Å². The second-order valence-electron chi connectivity index (χ2n) is 1.88. The van der Waals surface area contributed by atoms with Crippen LogP contribution in [-0.4, -0.2) is 20.2 Å². The minimum atomic E-state index is -0.574. The van der Waals surface area contributed by atoms with Crippen LogP contribution in [0.4, 0.5) is 0 Å². The van der Waals surface area contributed by atoms with Crippen molar-refractivity contribution in [2.45, 2.75) is 0 Å². The summed E-state index contributed by atoms with van der Waals surface area (Å²) >= 11 is 0. The Labute approximate surface area is 60.3 Å². The van der Waals surface area contributed by atoms with Crippen molar-refractivity contribution in [3.8, 4) is 11.6 Å². The molecule has 0 bridgehead atoms. The van der Waals surface area contributed by atoms with Crippen LogP contribution in [0.5, 0.6) is 0 Å². The zero-order valence-electron chi connectivity index (χ0n) is 5.37. The molecule has 0 unspecified atom stereocenters. The molecule has 0 spiro atoms. The lowest BCUT2D eigenvalue weighted by Gasteiger charge is -1.81. The largest absolute Gasteiger partial charge is 0.434 e. The zero-order valence-corrected chi connectivity index (χ0v) is 5.37. The Hall–Kier alpha value is -1.85. The number of aromatic nitrogens is 4. The van der Waals surface area contributed by atoms with E-state index in [9.17, 15) is 4.79 Å². The number of nitrogens with one attached hydrogen (secondary N) is 2. The summed E-state index contributed by atoms with van der Waals surface area (Å²) in [5, 5.41) is 5.72. The molecule has 0 atom stereocenters. The Morgan fingerprint density at radius 3 is 3.00 bits per heavy atom. The van der Waals surface area contributed by atoms with Crippen LogP contribution in [0.15, 0.2) is 21.7 Å². The molecule has 6 heteroatoms. The first-order chi connectivity index (χ1) is 5.36. The maximum Gasteiger partial charge on any atom is 0.434 e. The Morgan fingerprint density at radius 2 is 2.45 bits per heavy atom. The predicted molar refractivity (Wildman–Crippen MR) is 34.7 cm³/mol. The molecule has 0 fully saturated rings. The molecule has 0 saturated carbocycles. The monoisotopic (exact) mass is 152 g/mol. The minimum Gasteiger partial charge on any atom is -0.386 e. The van der Waals surface area contributed by atoms with Gasteiger partial charge in [0.05, 0.1) is 12.5 Å². The number of nitrogens with zero attached hydrogens (tertiary/aromatic N) is 2. The van der Waals surface area contributed by atoms with Crippen LogP contribution >= 0.6 is 0 Å². The molecule has 2 aromatic rings. The van der Waals surface area contributed by atoms with Crippen LogP contribution in [-0.2, 0) is 0 Å². The highest BCUT2D eigenvalue weighted by Crippen LogP contribution is 2.07. The number of hydrogen-bond donors (Lipinski definition) is 2. The van der Waals surface area contributed by atoms with E-state index in [2.05, 4.69) is 24.6 Å². The highest BCUT2D eigenvalue weighted by molar-refractivity contribution is 5.42. The molecule has 0 radical (unpaired) electrons. The molecule has 2 aromatic heterocycles. The standard InChI is InChI=1S/C5H4N4O2/c10-5-9-8-4(11-5)3-1-6-2-7-3/h1-2H,(H,6,7)(H,9,10). The van der Waals surface area contributed by atoms with E-state index in [0.717, 1.165) is 0 Å². The lowest BCUT2D eigenvalue weighted by Crippen LogP contribution is -1.93. The van der Waals surface area contributed by atoms with E-state index in [1.807, 2.05) is 0 Å². The summed E-state index contributed by atoms with van der Waals surface area (Å²) in [7, 11) is 0. The van der Waals surface area contributed by atoms with E-state index in [1.54, 1.807) is 0 Å². The highest BCUT2D eigenvalue weighted by Gasteiger charge is 2.04. The van der Waals surface area contributed by atoms with Gasteiger partial charge in [0.1, 0.15) is 5.69 Å². The Balaban J connectivity index is 2.53. The van der Waals surface area contributed by atoms with Gasteiger partial charge in [0, 0.05) is 0 Å². The SMILES string of the molecule is O=c1[nH]nc(-c2cnc[nH]2)o1. The normalized spacial score (nSPS) is 10.2. The van der Waals surface area contributed by atoms with Gasteiger partial charge in [0.25, 0.3) is 5.89 Å². The van der Waals surface area contributed by atoms with Crippen LogP contribution in [0.1, 0.15) is 0 Å². The van der Waals surface area contributed by atoms with Crippen molar-refractivity contribution in [2.75, 3.05) is 0 Å². The van der Waals surface area contributed by atoms with Gasteiger partial charge in [-0.2, -0.15) is 0 Å². The van der Waals surface area contributed by atoms with Gasteiger partial charge in [-0.15, -0.1) is 5.10 Å². The fraction of sp³-hybridized carbons (Fsp3) is 0. The van der Waals surface area contributed by atoms with Gasteiger partial charge in [-0.1, -0.05) is 0 Å².